The second-order valence-corrected chi connectivity index (χ2v) is 4.54. The molecular formula is C15H17F2N3. The summed E-state index contributed by atoms with van der Waals surface area (Å²) in [6.07, 6.45) is 3.42. The maximum absolute atomic E-state index is 13.3. The van der Waals surface area contributed by atoms with Crippen molar-refractivity contribution in [2.45, 2.75) is 26.3 Å². The number of hydrogen-bond acceptors (Lipinski definition) is 2. The Kier molecular flexibility index (Phi) is 4.17. The molecule has 0 bridgehead atoms. The highest BCUT2D eigenvalue weighted by Gasteiger charge is 2.16. The lowest BCUT2D eigenvalue weighted by Gasteiger charge is -2.06. The molecule has 2 aromatic rings. The van der Waals surface area contributed by atoms with Crippen molar-refractivity contribution in [3.05, 3.63) is 48.3 Å². The second kappa shape index (κ2) is 5.86. The molecule has 0 spiro atoms. The number of allylic oxidation sites excluding steroid dienone is 1. The summed E-state index contributed by atoms with van der Waals surface area (Å²) in [6.45, 7) is 6.27. The van der Waals surface area contributed by atoms with Crippen molar-refractivity contribution in [2.24, 2.45) is 0 Å². The fraction of sp³-hybridized carbons (Fsp3) is 0.267. The highest BCUT2D eigenvalue weighted by atomic mass is 19.2. The molecule has 5 heteroatoms. The van der Waals surface area contributed by atoms with E-state index >= 15 is 0 Å². The maximum atomic E-state index is 13.3. The number of hydrogen-bond donors (Lipinski definition) is 1. The molecule has 2 N–H and O–H groups in total. The number of aromatic nitrogens is 2. The number of halogens is 2. The van der Waals surface area contributed by atoms with Crippen LogP contribution >= 0.6 is 0 Å². The van der Waals surface area contributed by atoms with Crippen LogP contribution in [0.25, 0.3) is 11.3 Å². The summed E-state index contributed by atoms with van der Waals surface area (Å²) in [5.74, 6) is -0.521. The first-order valence-corrected chi connectivity index (χ1v) is 6.49. The van der Waals surface area contributed by atoms with Crippen LogP contribution in [-0.2, 0) is 13.0 Å². The van der Waals surface area contributed by atoms with E-state index in [1.165, 1.54) is 6.07 Å². The van der Waals surface area contributed by atoms with E-state index in [0.717, 1.165) is 30.8 Å². The van der Waals surface area contributed by atoms with Crippen LogP contribution in [0.3, 0.4) is 0 Å². The number of nitrogens with two attached hydrogens (primary N) is 1. The highest BCUT2D eigenvalue weighted by molar-refractivity contribution is 5.71. The minimum Gasteiger partial charge on any atom is -0.383 e. The van der Waals surface area contributed by atoms with Crippen molar-refractivity contribution in [1.82, 2.24) is 9.55 Å². The Morgan fingerprint density at radius 2 is 2.10 bits per heavy atom. The Morgan fingerprint density at radius 1 is 1.35 bits per heavy atom. The predicted octanol–water partition coefficient (Wildman–Crippen LogP) is 3.55. The summed E-state index contributed by atoms with van der Waals surface area (Å²) in [5.41, 5.74) is 7.03. The van der Waals surface area contributed by atoms with E-state index in [0.29, 0.717) is 23.6 Å². The van der Waals surface area contributed by atoms with Crippen LogP contribution < -0.4 is 5.73 Å². The molecule has 0 aliphatic carbocycles. The molecule has 106 valence electrons. The molecule has 0 aliphatic rings. The quantitative estimate of drug-likeness (QED) is 0.849. The van der Waals surface area contributed by atoms with Gasteiger partial charge in [-0.2, -0.15) is 0 Å². The molecule has 0 aliphatic heterocycles. The third-order valence-electron chi connectivity index (χ3n) is 3.06. The summed E-state index contributed by atoms with van der Waals surface area (Å²) in [6, 6.07) is 3.67. The van der Waals surface area contributed by atoms with Crippen molar-refractivity contribution >= 4 is 5.82 Å². The summed E-state index contributed by atoms with van der Waals surface area (Å²) >= 11 is 0. The van der Waals surface area contributed by atoms with E-state index in [1.54, 1.807) is 6.08 Å². The van der Waals surface area contributed by atoms with Gasteiger partial charge in [0.15, 0.2) is 11.6 Å². The lowest BCUT2D eigenvalue weighted by Crippen LogP contribution is -2.05. The molecule has 1 heterocycles. The molecule has 0 atom stereocenters. The van der Waals surface area contributed by atoms with Gasteiger partial charge in [0.1, 0.15) is 17.3 Å². The molecule has 3 nitrogen and oxygen atoms in total. The Hall–Kier alpha value is -2.17. The number of aryl methyl sites for hydroxylation is 1. The first-order valence-electron chi connectivity index (χ1n) is 6.49. The topological polar surface area (TPSA) is 43.8 Å². The molecule has 0 unspecified atom stereocenters. The molecule has 0 saturated carbocycles. The fourth-order valence-corrected chi connectivity index (χ4v) is 2.12. The fourth-order valence-electron chi connectivity index (χ4n) is 2.12. The molecule has 20 heavy (non-hydrogen) atoms. The number of benzene rings is 1. The normalized spacial score (nSPS) is 10.8. The zero-order valence-electron chi connectivity index (χ0n) is 11.4. The third-order valence-corrected chi connectivity index (χ3v) is 3.06. The SMILES string of the molecule is C=CCn1c(CCC)nc(-c2ccc(F)c(F)c2)c1N. The molecule has 0 amide bonds. The van der Waals surface area contributed by atoms with Gasteiger partial charge in [-0.25, -0.2) is 13.8 Å². The van der Waals surface area contributed by atoms with Crippen molar-refractivity contribution in [3.8, 4) is 11.3 Å². The average molecular weight is 277 g/mol. The van der Waals surface area contributed by atoms with E-state index in [9.17, 15) is 8.78 Å². The van der Waals surface area contributed by atoms with Gasteiger partial charge in [-0.1, -0.05) is 13.0 Å². The lowest BCUT2D eigenvalue weighted by molar-refractivity contribution is 0.509. The smallest absolute Gasteiger partial charge is 0.159 e. The van der Waals surface area contributed by atoms with Crippen LogP contribution in [-0.4, -0.2) is 9.55 Å². The monoisotopic (exact) mass is 277 g/mol. The molecule has 1 aromatic carbocycles. The lowest BCUT2D eigenvalue weighted by atomic mass is 10.1. The van der Waals surface area contributed by atoms with Crippen LogP contribution in [0.4, 0.5) is 14.6 Å². The van der Waals surface area contributed by atoms with Crippen molar-refractivity contribution in [3.63, 3.8) is 0 Å². The van der Waals surface area contributed by atoms with Gasteiger partial charge in [0.05, 0.1) is 0 Å². The predicted molar refractivity (Wildman–Crippen MR) is 76.2 cm³/mol. The van der Waals surface area contributed by atoms with Gasteiger partial charge in [0, 0.05) is 18.5 Å². The van der Waals surface area contributed by atoms with Crippen molar-refractivity contribution in [1.29, 1.82) is 0 Å². The molecule has 2 rings (SSSR count). The largest absolute Gasteiger partial charge is 0.383 e. The summed E-state index contributed by atoms with van der Waals surface area (Å²) in [4.78, 5) is 4.46. The van der Waals surface area contributed by atoms with Crippen molar-refractivity contribution in [2.75, 3.05) is 5.73 Å². The van der Waals surface area contributed by atoms with Gasteiger partial charge >= 0.3 is 0 Å². The van der Waals surface area contributed by atoms with E-state index in [4.69, 9.17) is 5.73 Å². The minimum absolute atomic E-state index is 0.444. The van der Waals surface area contributed by atoms with Crippen LogP contribution in [0.5, 0.6) is 0 Å². The molecule has 0 saturated heterocycles. The summed E-state index contributed by atoms with van der Waals surface area (Å²) in [7, 11) is 0. The number of nitrogen functional groups attached to an aromatic ring is 1. The van der Waals surface area contributed by atoms with E-state index < -0.39 is 11.6 Å². The minimum atomic E-state index is -0.905. The van der Waals surface area contributed by atoms with Gasteiger partial charge in [-0.3, -0.25) is 0 Å². The first-order chi connectivity index (χ1) is 9.58. The van der Waals surface area contributed by atoms with Crippen LogP contribution in [0.1, 0.15) is 19.2 Å². The second-order valence-electron chi connectivity index (χ2n) is 4.54. The standard InChI is InChI=1S/C15H17F2N3/c1-3-5-13-19-14(15(18)20(13)8-4-2)10-6-7-11(16)12(17)9-10/h4,6-7,9H,2-3,5,8,18H2,1H3. The summed E-state index contributed by atoms with van der Waals surface area (Å²) < 4.78 is 28.2. The molecule has 0 fully saturated rings. The Labute approximate surface area is 116 Å². The van der Waals surface area contributed by atoms with Gasteiger partial charge in [-0.15, -0.1) is 6.58 Å². The number of anilines is 1. The number of imidazole rings is 1. The highest BCUT2D eigenvalue weighted by Crippen LogP contribution is 2.28. The van der Waals surface area contributed by atoms with Gasteiger partial charge in [-0.05, 0) is 24.6 Å². The van der Waals surface area contributed by atoms with Crippen LogP contribution in [0, 0.1) is 11.6 Å². The van der Waals surface area contributed by atoms with E-state index in [-0.39, 0.29) is 0 Å². The first kappa shape index (κ1) is 14.2. The number of nitrogens with zero attached hydrogens (tertiary/aromatic N) is 2. The Balaban J connectivity index is 2.53. The van der Waals surface area contributed by atoms with E-state index in [2.05, 4.69) is 11.6 Å². The zero-order chi connectivity index (χ0) is 14.7. The maximum Gasteiger partial charge on any atom is 0.159 e. The van der Waals surface area contributed by atoms with Crippen molar-refractivity contribution < 1.29 is 8.78 Å². The van der Waals surface area contributed by atoms with Gasteiger partial charge in [0.25, 0.3) is 0 Å². The zero-order valence-corrected chi connectivity index (χ0v) is 11.4. The molecular weight excluding hydrogens is 260 g/mol. The van der Waals surface area contributed by atoms with Crippen LogP contribution in [0.2, 0.25) is 0 Å². The van der Waals surface area contributed by atoms with E-state index in [1.807, 2.05) is 11.5 Å². The van der Waals surface area contributed by atoms with Gasteiger partial charge in [0.2, 0.25) is 0 Å². The van der Waals surface area contributed by atoms with Gasteiger partial charge < -0.3 is 10.3 Å². The third kappa shape index (κ3) is 2.57. The number of rotatable bonds is 5. The summed E-state index contributed by atoms with van der Waals surface area (Å²) in [5, 5.41) is 0. The molecule has 0 radical (unpaired) electrons. The Morgan fingerprint density at radius 3 is 2.70 bits per heavy atom. The molecule has 1 aromatic heterocycles. The average Bonchev–Trinajstić information content (AvgIpc) is 2.72. The Bertz CT molecular complexity index is 632. The van der Waals surface area contributed by atoms with Crippen LogP contribution in [0.15, 0.2) is 30.9 Å².